The summed E-state index contributed by atoms with van der Waals surface area (Å²) in [6.45, 7) is 3.51. The maximum Gasteiger partial charge on any atom is 0.251 e. The molecule has 1 N–H and O–H groups in total. The fourth-order valence-electron chi connectivity index (χ4n) is 3.07. The number of amides is 1. The average molecular weight is 340 g/mol. The lowest BCUT2D eigenvalue weighted by molar-refractivity contribution is -0.126. The number of hydrogen-bond donors (Lipinski definition) is 1. The van der Waals surface area contributed by atoms with Crippen molar-refractivity contribution in [2.24, 2.45) is 5.92 Å². The number of benzene rings is 1. The van der Waals surface area contributed by atoms with Gasteiger partial charge < -0.3 is 10.1 Å². The molecular formula is C18H26F2N2O2. The van der Waals surface area contributed by atoms with Gasteiger partial charge >= 0.3 is 0 Å². The number of piperidine rings is 1. The summed E-state index contributed by atoms with van der Waals surface area (Å²) in [5, 5.41) is 2.96. The van der Waals surface area contributed by atoms with Gasteiger partial charge in [-0.2, -0.15) is 0 Å². The van der Waals surface area contributed by atoms with Gasteiger partial charge in [0.25, 0.3) is 6.43 Å². The summed E-state index contributed by atoms with van der Waals surface area (Å²) in [6.07, 6.45) is -0.262. The molecule has 1 heterocycles. The predicted molar refractivity (Wildman–Crippen MR) is 89.6 cm³/mol. The fraction of sp³-hybridized carbons (Fsp3) is 0.611. The Hall–Kier alpha value is -1.69. The molecule has 0 radical (unpaired) electrons. The zero-order valence-electron chi connectivity index (χ0n) is 14.4. The fourth-order valence-corrected chi connectivity index (χ4v) is 3.07. The molecule has 0 spiro atoms. The molecule has 1 aliphatic rings. The van der Waals surface area contributed by atoms with Crippen LogP contribution in [0.3, 0.4) is 0 Å². The topological polar surface area (TPSA) is 41.6 Å². The van der Waals surface area contributed by atoms with Crippen molar-refractivity contribution >= 4 is 5.91 Å². The van der Waals surface area contributed by atoms with Crippen LogP contribution in [0.1, 0.15) is 24.0 Å². The maximum absolute atomic E-state index is 12.4. The van der Waals surface area contributed by atoms with Crippen molar-refractivity contribution in [1.82, 2.24) is 10.2 Å². The quantitative estimate of drug-likeness (QED) is 0.830. The van der Waals surface area contributed by atoms with Gasteiger partial charge in [0.1, 0.15) is 5.75 Å². The van der Waals surface area contributed by atoms with E-state index >= 15 is 0 Å². The zero-order chi connectivity index (χ0) is 17.5. The van der Waals surface area contributed by atoms with Gasteiger partial charge in [-0.3, -0.25) is 9.69 Å². The monoisotopic (exact) mass is 340 g/mol. The first-order chi connectivity index (χ1) is 11.5. The van der Waals surface area contributed by atoms with Crippen molar-refractivity contribution in [2.75, 3.05) is 33.3 Å². The van der Waals surface area contributed by atoms with Crippen molar-refractivity contribution in [2.45, 2.75) is 32.6 Å². The van der Waals surface area contributed by atoms with Crippen LogP contribution in [0.4, 0.5) is 8.78 Å². The number of carbonyl (C=O) groups is 1. The van der Waals surface area contributed by atoms with Gasteiger partial charge in [0.2, 0.25) is 5.91 Å². The van der Waals surface area contributed by atoms with Gasteiger partial charge in [-0.1, -0.05) is 12.1 Å². The molecule has 0 unspecified atom stereocenters. The molecule has 4 nitrogen and oxygen atoms in total. The van der Waals surface area contributed by atoms with Crippen LogP contribution in [0.5, 0.6) is 5.75 Å². The molecule has 1 fully saturated rings. The number of alkyl halides is 2. The third-order valence-electron chi connectivity index (χ3n) is 4.54. The molecule has 1 saturated heterocycles. The number of nitrogens with one attached hydrogen (secondary N) is 1. The molecule has 24 heavy (non-hydrogen) atoms. The van der Waals surface area contributed by atoms with E-state index in [0.717, 1.165) is 23.3 Å². The van der Waals surface area contributed by atoms with Crippen LogP contribution >= 0.6 is 0 Å². The zero-order valence-corrected chi connectivity index (χ0v) is 14.4. The number of methoxy groups -OCH3 is 1. The first-order valence-corrected chi connectivity index (χ1v) is 8.41. The van der Waals surface area contributed by atoms with E-state index in [4.69, 9.17) is 4.74 Å². The van der Waals surface area contributed by atoms with Gasteiger partial charge in [-0.15, -0.1) is 0 Å². The molecule has 0 aromatic heterocycles. The Kier molecular flexibility index (Phi) is 6.97. The van der Waals surface area contributed by atoms with Crippen LogP contribution < -0.4 is 10.1 Å². The summed E-state index contributed by atoms with van der Waals surface area (Å²) in [4.78, 5) is 13.9. The van der Waals surface area contributed by atoms with E-state index in [2.05, 4.69) is 5.32 Å². The molecule has 1 aliphatic heterocycles. The largest absolute Gasteiger partial charge is 0.496 e. The number of carbonyl (C=O) groups excluding carboxylic acids is 1. The van der Waals surface area contributed by atoms with Gasteiger partial charge in [0.15, 0.2) is 0 Å². The number of nitrogens with zero attached hydrogens (tertiary/aromatic N) is 1. The van der Waals surface area contributed by atoms with E-state index in [0.29, 0.717) is 32.5 Å². The molecule has 0 saturated carbocycles. The van der Waals surface area contributed by atoms with Crippen molar-refractivity contribution in [3.05, 3.63) is 29.3 Å². The molecule has 0 aliphatic carbocycles. The van der Waals surface area contributed by atoms with E-state index < -0.39 is 6.43 Å². The number of likely N-dealkylation sites (tertiary alicyclic amines) is 1. The number of rotatable bonds is 7. The van der Waals surface area contributed by atoms with E-state index in [1.165, 1.54) is 0 Å². The average Bonchev–Trinajstić information content (AvgIpc) is 2.56. The second-order valence-electron chi connectivity index (χ2n) is 6.31. The lowest BCUT2D eigenvalue weighted by atomic mass is 9.96. The van der Waals surface area contributed by atoms with Crippen LogP contribution in [0, 0.1) is 12.8 Å². The molecule has 134 valence electrons. The second kappa shape index (κ2) is 8.97. The summed E-state index contributed by atoms with van der Waals surface area (Å²) in [5.41, 5.74) is 2.20. The van der Waals surface area contributed by atoms with Crippen LogP contribution in [-0.2, 0) is 11.2 Å². The van der Waals surface area contributed by atoms with Gasteiger partial charge in [-0.25, -0.2) is 8.78 Å². The highest BCUT2D eigenvalue weighted by Gasteiger charge is 2.25. The highest BCUT2D eigenvalue weighted by molar-refractivity contribution is 5.78. The Morgan fingerprint density at radius 3 is 2.71 bits per heavy atom. The highest BCUT2D eigenvalue weighted by atomic mass is 19.3. The Morgan fingerprint density at radius 2 is 2.08 bits per heavy atom. The number of ether oxygens (including phenoxy) is 1. The van der Waals surface area contributed by atoms with Crippen LogP contribution in [0.2, 0.25) is 0 Å². The number of hydrogen-bond acceptors (Lipinski definition) is 3. The molecule has 1 amide bonds. The van der Waals surface area contributed by atoms with Crippen LogP contribution in [-0.4, -0.2) is 50.5 Å². The molecule has 1 aromatic carbocycles. The van der Waals surface area contributed by atoms with E-state index in [1.54, 1.807) is 12.0 Å². The minimum atomic E-state index is -2.30. The Balaban J connectivity index is 1.72. The minimum absolute atomic E-state index is 0.0331. The van der Waals surface area contributed by atoms with Crippen molar-refractivity contribution in [1.29, 1.82) is 0 Å². The third kappa shape index (κ3) is 5.44. The summed E-state index contributed by atoms with van der Waals surface area (Å²) in [6, 6.07) is 6.03. The standard InChI is InChI=1S/C18H26F2N2O2/c1-13-3-4-14(11-16(13)24-2)5-8-21-18(23)15-6-9-22(10-7-15)12-17(19)20/h3-4,11,15,17H,5-10,12H2,1-2H3,(H,21,23). The van der Waals surface area contributed by atoms with Crippen molar-refractivity contribution in [3.8, 4) is 5.75 Å². The van der Waals surface area contributed by atoms with Gasteiger partial charge in [0.05, 0.1) is 13.7 Å². The van der Waals surface area contributed by atoms with Crippen molar-refractivity contribution < 1.29 is 18.3 Å². The van der Waals surface area contributed by atoms with Crippen LogP contribution in [0.15, 0.2) is 18.2 Å². The summed E-state index contributed by atoms with van der Waals surface area (Å²) >= 11 is 0. The number of aryl methyl sites for hydroxylation is 1. The Bertz CT molecular complexity index is 544. The van der Waals surface area contributed by atoms with Gasteiger partial charge in [-0.05, 0) is 56.5 Å². The smallest absolute Gasteiger partial charge is 0.251 e. The van der Waals surface area contributed by atoms with E-state index in [-0.39, 0.29) is 18.4 Å². The summed E-state index contributed by atoms with van der Waals surface area (Å²) < 4.78 is 30.0. The third-order valence-corrected chi connectivity index (χ3v) is 4.54. The Labute approximate surface area is 142 Å². The highest BCUT2D eigenvalue weighted by Crippen LogP contribution is 2.20. The van der Waals surface area contributed by atoms with Crippen LogP contribution in [0.25, 0.3) is 0 Å². The number of halogens is 2. The summed E-state index contributed by atoms with van der Waals surface area (Å²) in [5.74, 6) is 0.822. The molecular weight excluding hydrogens is 314 g/mol. The normalized spacial score (nSPS) is 16.4. The van der Waals surface area contributed by atoms with E-state index in [1.807, 2.05) is 25.1 Å². The van der Waals surface area contributed by atoms with Crippen molar-refractivity contribution in [3.63, 3.8) is 0 Å². The Morgan fingerprint density at radius 1 is 1.38 bits per heavy atom. The minimum Gasteiger partial charge on any atom is -0.496 e. The molecule has 2 rings (SSSR count). The van der Waals surface area contributed by atoms with E-state index in [9.17, 15) is 13.6 Å². The molecule has 1 aromatic rings. The SMILES string of the molecule is COc1cc(CCNC(=O)C2CCN(CC(F)F)CC2)ccc1C. The first-order valence-electron chi connectivity index (χ1n) is 8.41. The molecule has 0 atom stereocenters. The maximum atomic E-state index is 12.4. The first kappa shape index (κ1) is 18.6. The lowest BCUT2D eigenvalue weighted by Crippen LogP contribution is -2.42. The summed E-state index contributed by atoms with van der Waals surface area (Å²) in [7, 11) is 1.65. The van der Waals surface area contributed by atoms with Gasteiger partial charge in [0, 0.05) is 12.5 Å². The molecule has 0 bridgehead atoms. The molecule has 6 heteroatoms. The predicted octanol–water partition coefficient (Wildman–Crippen LogP) is 2.64. The second-order valence-corrected chi connectivity index (χ2v) is 6.31. The lowest BCUT2D eigenvalue weighted by Gasteiger charge is -2.30.